The van der Waals surface area contributed by atoms with Gasteiger partial charge in [-0.1, -0.05) is 35.5 Å². The normalized spacial score (nSPS) is 20.0. The van der Waals surface area contributed by atoms with Gasteiger partial charge in [0.1, 0.15) is 0 Å². The number of aliphatic hydroxyl groups is 1. The van der Waals surface area contributed by atoms with Crippen molar-refractivity contribution in [2.45, 2.75) is 24.7 Å². The Morgan fingerprint density at radius 3 is 2.87 bits per heavy atom. The Labute approximate surface area is 173 Å². The summed E-state index contributed by atoms with van der Waals surface area (Å²) < 4.78 is 5.49. The highest BCUT2D eigenvalue weighted by Crippen LogP contribution is 2.48. The number of fused-ring (bicyclic) bond motifs is 2. The van der Waals surface area contributed by atoms with E-state index in [1.165, 1.54) is 0 Å². The molecular weight excluding hydrogens is 380 g/mol. The van der Waals surface area contributed by atoms with Crippen LogP contribution in [0.4, 0.5) is 0 Å². The monoisotopic (exact) mass is 400 g/mol. The smallest absolute Gasteiger partial charge is 0.259 e. The van der Waals surface area contributed by atoms with Crippen LogP contribution in [0.1, 0.15) is 29.5 Å². The van der Waals surface area contributed by atoms with Gasteiger partial charge in [0.2, 0.25) is 11.7 Å². The van der Waals surface area contributed by atoms with Crippen molar-refractivity contribution in [3.63, 3.8) is 0 Å². The van der Waals surface area contributed by atoms with Crippen LogP contribution in [0.3, 0.4) is 0 Å². The van der Waals surface area contributed by atoms with Crippen molar-refractivity contribution >= 4 is 5.91 Å². The molecule has 1 amide bonds. The molecule has 5 rings (SSSR count). The molecule has 7 heteroatoms. The molecule has 150 valence electrons. The summed E-state index contributed by atoms with van der Waals surface area (Å²) in [5, 5.41) is 22.8. The first kappa shape index (κ1) is 18.5. The van der Waals surface area contributed by atoms with Gasteiger partial charge in [-0.2, -0.15) is 10.2 Å². The van der Waals surface area contributed by atoms with Crippen molar-refractivity contribution < 1.29 is 14.4 Å². The van der Waals surface area contributed by atoms with Crippen LogP contribution >= 0.6 is 0 Å². The minimum atomic E-state index is -0.211. The second kappa shape index (κ2) is 7.08. The number of nitriles is 1. The van der Waals surface area contributed by atoms with E-state index in [1.54, 1.807) is 23.1 Å². The Morgan fingerprint density at radius 2 is 2.03 bits per heavy atom. The molecule has 1 aromatic heterocycles. The molecule has 1 aliphatic carbocycles. The summed E-state index contributed by atoms with van der Waals surface area (Å²) in [7, 11) is 0. The zero-order valence-electron chi connectivity index (χ0n) is 16.3. The summed E-state index contributed by atoms with van der Waals surface area (Å²) in [6.45, 7) is 0.989. The molecule has 1 N–H and O–H groups in total. The third kappa shape index (κ3) is 2.80. The van der Waals surface area contributed by atoms with Crippen molar-refractivity contribution in [2.24, 2.45) is 0 Å². The molecule has 1 saturated heterocycles. The van der Waals surface area contributed by atoms with Gasteiger partial charge in [0.15, 0.2) is 0 Å². The van der Waals surface area contributed by atoms with Crippen LogP contribution in [0.5, 0.6) is 0 Å². The quantitative estimate of drug-likeness (QED) is 0.722. The maximum absolute atomic E-state index is 12.5. The number of carbonyl (C=O) groups is 1. The highest BCUT2D eigenvalue weighted by atomic mass is 16.5. The average molecular weight is 400 g/mol. The van der Waals surface area contributed by atoms with Crippen LogP contribution in [0.25, 0.3) is 22.8 Å². The summed E-state index contributed by atoms with van der Waals surface area (Å²) in [6.07, 6.45) is 2.19. The summed E-state index contributed by atoms with van der Waals surface area (Å²) in [5.41, 5.74) is 4.11. The SMILES string of the molecule is N#Cc1ccccc1-c1nc(-c2cccc3c2CC[C@@]32CC(=O)N(CCO)C2)no1. The average Bonchev–Trinajstić information content (AvgIpc) is 3.47. The predicted octanol–water partition coefficient (Wildman–Crippen LogP) is 2.68. The van der Waals surface area contributed by atoms with Gasteiger partial charge in [-0.3, -0.25) is 4.79 Å². The molecule has 2 aliphatic rings. The highest BCUT2D eigenvalue weighted by molar-refractivity contribution is 5.82. The van der Waals surface area contributed by atoms with E-state index >= 15 is 0 Å². The molecule has 0 bridgehead atoms. The number of nitrogens with zero attached hydrogens (tertiary/aromatic N) is 4. The van der Waals surface area contributed by atoms with Gasteiger partial charge >= 0.3 is 0 Å². The molecule has 0 radical (unpaired) electrons. The van der Waals surface area contributed by atoms with Gasteiger partial charge in [-0.05, 0) is 36.1 Å². The van der Waals surface area contributed by atoms with Gasteiger partial charge < -0.3 is 14.5 Å². The van der Waals surface area contributed by atoms with Gasteiger partial charge in [-0.25, -0.2) is 0 Å². The standard InChI is InChI=1S/C23H20N4O3/c24-13-15-4-1-2-5-16(15)22-25-21(26-30-22)18-6-3-7-19-17(18)8-9-23(19)12-20(29)27(14-23)10-11-28/h1-7,28H,8-12,14H2/t23-/m0/s1. The topological polar surface area (TPSA) is 103 Å². The lowest BCUT2D eigenvalue weighted by molar-refractivity contribution is -0.128. The van der Waals surface area contributed by atoms with Crippen molar-refractivity contribution in [3.05, 3.63) is 59.2 Å². The van der Waals surface area contributed by atoms with Gasteiger partial charge in [-0.15, -0.1) is 0 Å². The van der Waals surface area contributed by atoms with E-state index in [9.17, 15) is 15.2 Å². The molecule has 1 atom stereocenters. The number of β-amino-alcohol motifs (C(OH)–C–C–N with tert-alkyl or cyclic N) is 1. The minimum absolute atomic E-state index is 0.0233. The number of hydrogen-bond acceptors (Lipinski definition) is 6. The maximum atomic E-state index is 12.5. The van der Waals surface area contributed by atoms with Gasteiger partial charge in [0.25, 0.3) is 5.89 Å². The molecule has 7 nitrogen and oxygen atoms in total. The first-order chi connectivity index (χ1) is 14.6. The summed E-state index contributed by atoms with van der Waals surface area (Å²) in [5.74, 6) is 0.901. The second-order valence-electron chi connectivity index (χ2n) is 7.91. The Morgan fingerprint density at radius 1 is 1.20 bits per heavy atom. The third-order valence-electron chi connectivity index (χ3n) is 6.25. The van der Waals surface area contributed by atoms with Gasteiger partial charge in [0, 0.05) is 30.5 Å². The molecular formula is C23H20N4O3. The highest BCUT2D eigenvalue weighted by Gasteiger charge is 2.48. The molecule has 3 aromatic rings. The van der Waals surface area contributed by atoms with Crippen LogP contribution in [0.2, 0.25) is 0 Å². The Hall–Kier alpha value is -3.50. The minimum Gasteiger partial charge on any atom is -0.395 e. The van der Waals surface area contributed by atoms with Crippen molar-refractivity contribution in [1.82, 2.24) is 15.0 Å². The van der Waals surface area contributed by atoms with Crippen LogP contribution in [0, 0.1) is 11.3 Å². The number of likely N-dealkylation sites (tertiary alicyclic amines) is 1. The number of aliphatic hydroxyl groups excluding tert-OH is 1. The number of benzene rings is 2. The van der Waals surface area contributed by atoms with Crippen LogP contribution in [0.15, 0.2) is 47.0 Å². The summed E-state index contributed by atoms with van der Waals surface area (Å²) in [6, 6.07) is 15.3. The van der Waals surface area contributed by atoms with Crippen molar-refractivity contribution in [2.75, 3.05) is 19.7 Å². The Balaban J connectivity index is 1.52. The van der Waals surface area contributed by atoms with Crippen LogP contribution in [-0.2, 0) is 16.6 Å². The number of hydrogen-bond donors (Lipinski definition) is 1. The molecule has 2 heterocycles. The van der Waals surface area contributed by atoms with Crippen LogP contribution in [-0.4, -0.2) is 45.8 Å². The first-order valence-corrected chi connectivity index (χ1v) is 10.00. The van der Waals surface area contributed by atoms with E-state index < -0.39 is 0 Å². The van der Waals surface area contributed by atoms with E-state index in [4.69, 9.17) is 4.52 Å². The lowest BCUT2D eigenvalue weighted by Crippen LogP contribution is -2.32. The molecule has 30 heavy (non-hydrogen) atoms. The summed E-state index contributed by atoms with van der Waals surface area (Å²) >= 11 is 0. The van der Waals surface area contributed by atoms with E-state index in [0.717, 1.165) is 29.5 Å². The Bertz CT molecular complexity index is 1180. The molecule has 1 spiro atoms. The molecule has 1 fully saturated rings. The first-order valence-electron chi connectivity index (χ1n) is 10.00. The molecule has 2 aromatic carbocycles. The number of carbonyl (C=O) groups excluding carboxylic acids is 1. The molecule has 0 saturated carbocycles. The van der Waals surface area contributed by atoms with E-state index in [-0.39, 0.29) is 17.9 Å². The Kier molecular flexibility index (Phi) is 4.37. The fraction of sp³-hybridized carbons (Fsp3) is 0.304. The molecule has 1 aliphatic heterocycles. The zero-order chi connectivity index (χ0) is 20.7. The largest absolute Gasteiger partial charge is 0.395 e. The van der Waals surface area contributed by atoms with Crippen molar-refractivity contribution in [1.29, 1.82) is 5.26 Å². The third-order valence-corrected chi connectivity index (χ3v) is 6.25. The van der Waals surface area contributed by atoms with Crippen molar-refractivity contribution in [3.8, 4) is 28.9 Å². The van der Waals surface area contributed by atoms with Crippen LogP contribution < -0.4 is 0 Å². The summed E-state index contributed by atoms with van der Waals surface area (Å²) in [4.78, 5) is 18.8. The van der Waals surface area contributed by atoms with E-state index in [1.807, 2.05) is 18.2 Å². The molecule has 0 unspecified atom stereocenters. The van der Waals surface area contributed by atoms with E-state index in [0.29, 0.717) is 42.4 Å². The van der Waals surface area contributed by atoms with E-state index in [2.05, 4.69) is 22.3 Å². The number of amides is 1. The lowest BCUT2D eigenvalue weighted by Gasteiger charge is -2.24. The fourth-order valence-corrected chi connectivity index (χ4v) is 4.85. The van der Waals surface area contributed by atoms with Gasteiger partial charge in [0.05, 0.1) is 23.8 Å². The zero-order valence-corrected chi connectivity index (χ0v) is 16.3. The number of aromatic nitrogens is 2. The lowest BCUT2D eigenvalue weighted by atomic mass is 9.80. The second-order valence-corrected chi connectivity index (χ2v) is 7.91. The maximum Gasteiger partial charge on any atom is 0.259 e. The fourth-order valence-electron chi connectivity index (χ4n) is 4.85. The predicted molar refractivity (Wildman–Crippen MR) is 108 cm³/mol. The number of rotatable bonds is 4.